The van der Waals surface area contributed by atoms with Gasteiger partial charge >= 0.3 is 5.97 Å². The quantitative estimate of drug-likeness (QED) is 0.677. The number of carbonyl (C=O) groups is 2. The van der Waals surface area contributed by atoms with E-state index in [1.165, 1.54) is 12.3 Å². The van der Waals surface area contributed by atoms with E-state index in [0.29, 0.717) is 12.4 Å². The highest BCUT2D eigenvalue weighted by atomic mass is 16.4. The topological polar surface area (TPSA) is 109 Å². The molecule has 0 aliphatic heterocycles. The molecule has 0 atom stereocenters. The van der Waals surface area contributed by atoms with Gasteiger partial charge in [-0.3, -0.25) is 4.79 Å². The molecule has 0 unspecified atom stereocenters. The van der Waals surface area contributed by atoms with E-state index >= 15 is 0 Å². The predicted molar refractivity (Wildman–Crippen MR) is 67.6 cm³/mol. The maximum absolute atomic E-state index is 11.4. The van der Waals surface area contributed by atoms with Crippen molar-refractivity contribution >= 4 is 23.4 Å². The normalized spacial score (nSPS) is 9.89. The summed E-state index contributed by atoms with van der Waals surface area (Å²) in [5.74, 6) is -0.897. The molecular weight excluding hydrogens is 236 g/mol. The number of carboxylic acid groups (broad SMARTS) is 1. The second-order valence-corrected chi connectivity index (χ2v) is 3.74. The smallest absolute Gasteiger partial charge is 0.337 e. The van der Waals surface area contributed by atoms with Crippen LogP contribution in [0.5, 0.6) is 0 Å². The third-order valence-electron chi connectivity index (χ3n) is 2.30. The Bertz CT molecular complexity index is 462. The number of pyridine rings is 1. The first kappa shape index (κ1) is 13.8. The molecular formula is C11H16N4O3. The van der Waals surface area contributed by atoms with E-state index in [2.05, 4.69) is 10.3 Å². The van der Waals surface area contributed by atoms with E-state index in [9.17, 15) is 9.59 Å². The summed E-state index contributed by atoms with van der Waals surface area (Å²) in [5.41, 5.74) is 5.57. The number of hydrogen-bond donors (Lipinski definition) is 3. The molecule has 0 aromatic carbocycles. The van der Waals surface area contributed by atoms with Gasteiger partial charge in [0.2, 0.25) is 5.91 Å². The largest absolute Gasteiger partial charge is 0.478 e. The number of nitrogen functional groups attached to an aromatic ring is 1. The minimum atomic E-state index is -1.12. The molecule has 1 rings (SSSR count). The number of nitrogens with two attached hydrogens (primary N) is 1. The fraction of sp³-hybridized carbons (Fsp3) is 0.364. The first-order valence-corrected chi connectivity index (χ1v) is 5.42. The molecule has 0 saturated heterocycles. The standard InChI is InChI=1S/C11H16N4O3/c1-3-13-10(16)6-15(2)9-4-7(11(17)18)8(12)5-14-9/h4-5H,3,6,12H2,1-2H3,(H,13,16)(H,17,18). The zero-order chi connectivity index (χ0) is 13.7. The van der Waals surface area contributed by atoms with E-state index in [4.69, 9.17) is 10.8 Å². The van der Waals surface area contributed by atoms with Gasteiger partial charge in [0.15, 0.2) is 0 Å². The van der Waals surface area contributed by atoms with Gasteiger partial charge in [0.25, 0.3) is 0 Å². The Kier molecular flexibility index (Phi) is 4.47. The van der Waals surface area contributed by atoms with Crippen LogP contribution in [0.3, 0.4) is 0 Å². The third kappa shape index (κ3) is 3.34. The van der Waals surface area contributed by atoms with Crippen molar-refractivity contribution in [3.63, 3.8) is 0 Å². The molecule has 1 heterocycles. The molecule has 0 bridgehead atoms. The highest BCUT2D eigenvalue weighted by Gasteiger charge is 2.13. The molecule has 0 aliphatic rings. The number of carboxylic acids is 1. The van der Waals surface area contributed by atoms with Crippen LogP contribution >= 0.6 is 0 Å². The van der Waals surface area contributed by atoms with Gasteiger partial charge < -0.3 is 21.1 Å². The Morgan fingerprint density at radius 2 is 2.22 bits per heavy atom. The lowest BCUT2D eigenvalue weighted by atomic mass is 10.2. The van der Waals surface area contributed by atoms with E-state index in [0.717, 1.165) is 0 Å². The van der Waals surface area contributed by atoms with Crippen molar-refractivity contribution < 1.29 is 14.7 Å². The first-order valence-electron chi connectivity index (χ1n) is 5.42. The highest BCUT2D eigenvalue weighted by Crippen LogP contribution is 2.17. The number of aromatic nitrogens is 1. The van der Waals surface area contributed by atoms with Crippen molar-refractivity contribution in [2.24, 2.45) is 0 Å². The van der Waals surface area contributed by atoms with E-state index in [1.54, 1.807) is 11.9 Å². The van der Waals surface area contributed by atoms with E-state index in [1.807, 2.05) is 6.92 Å². The summed E-state index contributed by atoms with van der Waals surface area (Å²) in [7, 11) is 1.65. The van der Waals surface area contributed by atoms with Gasteiger partial charge in [-0.1, -0.05) is 0 Å². The number of nitrogens with one attached hydrogen (secondary N) is 1. The van der Waals surface area contributed by atoms with E-state index < -0.39 is 5.97 Å². The molecule has 7 nitrogen and oxygen atoms in total. The van der Waals surface area contributed by atoms with Gasteiger partial charge in [-0.15, -0.1) is 0 Å². The Labute approximate surface area is 105 Å². The lowest BCUT2D eigenvalue weighted by Gasteiger charge is -2.18. The molecule has 1 aromatic heterocycles. The zero-order valence-electron chi connectivity index (χ0n) is 10.3. The number of anilines is 2. The molecule has 98 valence electrons. The fourth-order valence-electron chi connectivity index (χ4n) is 1.40. The van der Waals surface area contributed by atoms with Crippen LogP contribution in [0.25, 0.3) is 0 Å². The van der Waals surface area contributed by atoms with Crippen molar-refractivity contribution in [1.82, 2.24) is 10.3 Å². The predicted octanol–water partition coefficient (Wildman–Crippen LogP) is -0.0657. The van der Waals surface area contributed by atoms with Crippen molar-refractivity contribution in [3.05, 3.63) is 17.8 Å². The Hall–Kier alpha value is -2.31. The number of hydrogen-bond acceptors (Lipinski definition) is 5. The molecule has 0 spiro atoms. The molecule has 4 N–H and O–H groups in total. The molecule has 1 amide bonds. The molecule has 1 aromatic rings. The van der Waals surface area contributed by atoms with Crippen molar-refractivity contribution in [1.29, 1.82) is 0 Å². The summed E-state index contributed by atoms with van der Waals surface area (Å²) in [6.45, 7) is 2.47. The lowest BCUT2D eigenvalue weighted by molar-refractivity contribution is -0.119. The Balaban J connectivity index is 2.86. The monoisotopic (exact) mass is 252 g/mol. The number of rotatable bonds is 5. The minimum Gasteiger partial charge on any atom is -0.478 e. The van der Waals surface area contributed by atoms with Crippen molar-refractivity contribution in [2.45, 2.75) is 6.92 Å². The van der Waals surface area contributed by atoms with Gasteiger partial charge in [-0.05, 0) is 13.0 Å². The maximum atomic E-state index is 11.4. The average Bonchev–Trinajstić information content (AvgIpc) is 2.29. The van der Waals surface area contributed by atoms with Crippen LogP contribution in [0, 0.1) is 0 Å². The second-order valence-electron chi connectivity index (χ2n) is 3.74. The van der Waals surface area contributed by atoms with Crippen LogP contribution in [-0.4, -0.2) is 42.1 Å². The van der Waals surface area contributed by atoms with Crippen LogP contribution in [0.2, 0.25) is 0 Å². The third-order valence-corrected chi connectivity index (χ3v) is 2.30. The van der Waals surface area contributed by atoms with Crippen molar-refractivity contribution in [3.8, 4) is 0 Å². The molecule has 18 heavy (non-hydrogen) atoms. The number of nitrogens with zero attached hydrogens (tertiary/aromatic N) is 2. The van der Waals surface area contributed by atoms with Gasteiger partial charge in [0.05, 0.1) is 24.0 Å². The number of likely N-dealkylation sites (N-methyl/N-ethyl adjacent to an activating group) is 2. The molecule has 0 radical (unpaired) electrons. The van der Waals surface area contributed by atoms with Gasteiger partial charge in [-0.25, -0.2) is 9.78 Å². The van der Waals surface area contributed by atoms with Crippen LogP contribution in [0.1, 0.15) is 17.3 Å². The fourth-order valence-corrected chi connectivity index (χ4v) is 1.40. The summed E-state index contributed by atoms with van der Waals surface area (Å²) in [6, 6.07) is 1.34. The van der Waals surface area contributed by atoms with Gasteiger partial charge in [0, 0.05) is 13.6 Å². The number of carbonyl (C=O) groups excluding carboxylic acids is 1. The van der Waals surface area contributed by atoms with Crippen molar-refractivity contribution in [2.75, 3.05) is 30.8 Å². The number of amides is 1. The van der Waals surface area contributed by atoms with Gasteiger partial charge in [-0.2, -0.15) is 0 Å². The van der Waals surface area contributed by atoms with Crippen LogP contribution in [0.15, 0.2) is 12.3 Å². The number of aromatic carboxylic acids is 1. The summed E-state index contributed by atoms with van der Waals surface area (Å²) in [5, 5.41) is 11.6. The molecule has 0 saturated carbocycles. The van der Waals surface area contributed by atoms with Crippen LogP contribution in [0.4, 0.5) is 11.5 Å². The second kappa shape index (κ2) is 5.85. The summed E-state index contributed by atoms with van der Waals surface area (Å²) in [6.07, 6.45) is 1.27. The SMILES string of the molecule is CCNC(=O)CN(C)c1cc(C(=O)O)c(N)cn1. The summed E-state index contributed by atoms with van der Waals surface area (Å²) >= 11 is 0. The van der Waals surface area contributed by atoms with Gasteiger partial charge in [0.1, 0.15) is 5.82 Å². The first-order chi connectivity index (χ1) is 8.45. The van der Waals surface area contributed by atoms with E-state index in [-0.39, 0.29) is 23.7 Å². The molecule has 7 heteroatoms. The van der Waals surface area contributed by atoms with Crippen LogP contribution < -0.4 is 16.0 Å². The van der Waals surface area contributed by atoms with Crippen LogP contribution in [-0.2, 0) is 4.79 Å². The Morgan fingerprint density at radius 1 is 1.56 bits per heavy atom. The Morgan fingerprint density at radius 3 is 2.78 bits per heavy atom. The highest BCUT2D eigenvalue weighted by molar-refractivity contribution is 5.94. The summed E-state index contributed by atoms with van der Waals surface area (Å²) in [4.78, 5) is 27.9. The molecule has 0 fully saturated rings. The average molecular weight is 252 g/mol. The maximum Gasteiger partial charge on any atom is 0.337 e. The zero-order valence-corrected chi connectivity index (χ0v) is 10.3. The lowest BCUT2D eigenvalue weighted by Crippen LogP contribution is -2.35. The minimum absolute atomic E-state index is 0.0252. The summed E-state index contributed by atoms with van der Waals surface area (Å²) < 4.78 is 0. The molecule has 0 aliphatic carbocycles.